The molecule has 0 saturated heterocycles. The fourth-order valence-corrected chi connectivity index (χ4v) is 3.62. The van der Waals surface area contributed by atoms with Crippen LogP contribution in [0.15, 0.2) is 34.1 Å². The summed E-state index contributed by atoms with van der Waals surface area (Å²) in [7, 11) is 1.95. The molecule has 2 aromatic rings. The van der Waals surface area contributed by atoms with Gasteiger partial charge in [-0.05, 0) is 36.5 Å². The van der Waals surface area contributed by atoms with Gasteiger partial charge < -0.3 is 5.32 Å². The van der Waals surface area contributed by atoms with Crippen LogP contribution in [0.5, 0.6) is 0 Å². The Labute approximate surface area is 119 Å². The third-order valence-corrected chi connectivity index (χ3v) is 5.23. The lowest BCUT2D eigenvalue weighted by Gasteiger charge is -2.18. The largest absolute Gasteiger partial charge is 0.309 e. The summed E-state index contributed by atoms with van der Waals surface area (Å²) in [6.45, 7) is 2.09. The number of thiophene rings is 1. The van der Waals surface area contributed by atoms with Gasteiger partial charge in [0.1, 0.15) is 0 Å². The maximum atomic E-state index is 6.21. The first-order chi connectivity index (χ1) is 8.15. The monoisotopic (exact) mass is 329 g/mol. The highest BCUT2D eigenvalue weighted by molar-refractivity contribution is 9.10. The summed E-state index contributed by atoms with van der Waals surface area (Å²) in [6, 6.07) is 8.36. The standard InChI is InChI=1S/C13H13BrClNS/c1-8-4-3-5-9(11(8)14)12(16-2)13-10(15)6-7-17-13/h3-7,12,16H,1-2H3. The Bertz CT molecular complexity index is 524. The molecule has 1 unspecified atom stereocenters. The first-order valence-corrected chi connectivity index (χ1v) is 7.35. The highest BCUT2D eigenvalue weighted by atomic mass is 79.9. The van der Waals surface area contributed by atoms with Crippen LogP contribution in [0.1, 0.15) is 22.0 Å². The van der Waals surface area contributed by atoms with Gasteiger partial charge >= 0.3 is 0 Å². The molecule has 0 spiro atoms. The number of hydrogen-bond donors (Lipinski definition) is 1. The average molecular weight is 331 g/mol. The lowest BCUT2D eigenvalue weighted by molar-refractivity contribution is 0.700. The molecule has 1 nitrogen and oxygen atoms in total. The molecule has 17 heavy (non-hydrogen) atoms. The van der Waals surface area contributed by atoms with Crippen LogP contribution in [0.3, 0.4) is 0 Å². The number of aryl methyl sites for hydroxylation is 1. The van der Waals surface area contributed by atoms with Crippen molar-refractivity contribution in [1.29, 1.82) is 0 Å². The summed E-state index contributed by atoms with van der Waals surface area (Å²) < 4.78 is 1.14. The second kappa shape index (κ2) is 5.53. The van der Waals surface area contributed by atoms with Crippen molar-refractivity contribution in [3.8, 4) is 0 Å². The molecule has 1 heterocycles. The molecular weight excluding hydrogens is 318 g/mol. The van der Waals surface area contributed by atoms with Crippen molar-refractivity contribution >= 4 is 38.9 Å². The quantitative estimate of drug-likeness (QED) is 0.854. The van der Waals surface area contributed by atoms with Crippen LogP contribution in [0.25, 0.3) is 0 Å². The summed E-state index contributed by atoms with van der Waals surface area (Å²) in [5.41, 5.74) is 2.45. The average Bonchev–Trinajstić information content (AvgIpc) is 2.72. The van der Waals surface area contributed by atoms with Crippen LogP contribution >= 0.6 is 38.9 Å². The lowest BCUT2D eigenvalue weighted by Crippen LogP contribution is -2.17. The van der Waals surface area contributed by atoms with E-state index < -0.39 is 0 Å². The zero-order valence-corrected chi connectivity index (χ0v) is 12.8. The molecule has 90 valence electrons. The Morgan fingerprint density at radius 3 is 2.71 bits per heavy atom. The first kappa shape index (κ1) is 13.1. The minimum absolute atomic E-state index is 0.136. The number of benzene rings is 1. The van der Waals surface area contributed by atoms with E-state index in [0.29, 0.717) is 0 Å². The summed E-state index contributed by atoms with van der Waals surface area (Å²) in [5.74, 6) is 0. The van der Waals surface area contributed by atoms with Gasteiger partial charge in [-0.15, -0.1) is 11.3 Å². The van der Waals surface area contributed by atoms with E-state index in [1.54, 1.807) is 11.3 Å². The summed E-state index contributed by atoms with van der Waals surface area (Å²) in [5, 5.41) is 6.17. The predicted octanol–water partition coefficient (Wildman–Crippen LogP) is 4.78. The zero-order chi connectivity index (χ0) is 12.4. The second-order valence-electron chi connectivity index (χ2n) is 3.83. The lowest BCUT2D eigenvalue weighted by atomic mass is 10.0. The smallest absolute Gasteiger partial charge is 0.0694 e. The molecule has 0 amide bonds. The molecule has 0 aliphatic rings. The van der Waals surface area contributed by atoms with Gasteiger partial charge in [0.05, 0.1) is 11.1 Å². The molecule has 0 aliphatic carbocycles. The van der Waals surface area contributed by atoms with Crippen molar-refractivity contribution in [1.82, 2.24) is 5.32 Å². The Balaban J connectivity index is 2.50. The van der Waals surface area contributed by atoms with Crippen molar-refractivity contribution in [2.45, 2.75) is 13.0 Å². The van der Waals surface area contributed by atoms with Crippen LogP contribution in [-0.4, -0.2) is 7.05 Å². The SMILES string of the molecule is CNC(c1cccc(C)c1Br)c1sccc1Cl. The molecule has 0 fully saturated rings. The molecular formula is C13H13BrClNS. The van der Waals surface area contributed by atoms with E-state index in [9.17, 15) is 0 Å². The number of rotatable bonds is 3. The van der Waals surface area contributed by atoms with Crippen LogP contribution in [0, 0.1) is 6.92 Å². The molecule has 1 N–H and O–H groups in total. The maximum absolute atomic E-state index is 6.21. The van der Waals surface area contributed by atoms with Crippen molar-refractivity contribution in [3.05, 3.63) is 55.1 Å². The Hall–Kier alpha value is -0.350. The fourth-order valence-electron chi connectivity index (χ4n) is 1.83. The summed E-state index contributed by atoms with van der Waals surface area (Å²) >= 11 is 11.5. The van der Waals surface area contributed by atoms with Crippen molar-refractivity contribution < 1.29 is 0 Å². The van der Waals surface area contributed by atoms with Crippen LogP contribution < -0.4 is 5.32 Å². The Morgan fingerprint density at radius 1 is 1.35 bits per heavy atom. The Morgan fingerprint density at radius 2 is 2.12 bits per heavy atom. The van der Waals surface area contributed by atoms with Gasteiger partial charge in [0.15, 0.2) is 0 Å². The molecule has 0 bridgehead atoms. The molecule has 0 aliphatic heterocycles. The van der Waals surface area contributed by atoms with Gasteiger partial charge in [-0.1, -0.05) is 45.7 Å². The van der Waals surface area contributed by atoms with E-state index >= 15 is 0 Å². The van der Waals surface area contributed by atoms with Gasteiger partial charge in [-0.3, -0.25) is 0 Å². The van der Waals surface area contributed by atoms with Crippen LogP contribution in [0.4, 0.5) is 0 Å². The third kappa shape index (κ3) is 2.58. The van der Waals surface area contributed by atoms with Crippen LogP contribution in [0.2, 0.25) is 5.02 Å². The number of nitrogens with one attached hydrogen (secondary N) is 1. The fraction of sp³-hybridized carbons (Fsp3) is 0.231. The van der Waals surface area contributed by atoms with E-state index in [2.05, 4.69) is 46.4 Å². The normalized spacial score (nSPS) is 12.7. The zero-order valence-electron chi connectivity index (χ0n) is 9.63. The van der Waals surface area contributed by atoms with Crippen molar-refractivity contribution in [2.24, 2.45) is 0 Å². The third-order valence-electron chi connectivity index (χ3n) is 2.73. The maximum Gasteiger partial charge on any atom is 0.0694 e. The van der Waals surface area contributed by atoms with Gasteiger partial charge in [0, 0.05) is 9.35 Å². The van der Waals surface area contributed by atoms with E-state index in [0.717, 1.165) is 14.4 Å². The van der Waals surface area contributed by atoms with E-state index in [-0.39, 0.29) is 6.04 Å². The Kier molecular flexibility index (Phi) is 4.26. The van der Waals surface area contributed by atoms with Gasteiger partial charge in [-0.25, -0.2) is 0 Å². The first-order valence-electron chi connectivity index (χ1n) is 5.30. The molecule has 0 radical (unpaired) electrons. The number of hydrogen-bond acceptors (Lipinski definition) is 2. The highest BCUT2D eigenvalue weighted by Crippen LogP contribution is 2.36. The second-order valence-corrected chi connectivity index (χ2v) is 5.98. The van der Waals surface area contributed by atoms with Crippen LogP contribution in [-0.2, 0) is 0 Å². The number of halogens is 2. The minimum Gasteiger partial charge on any atom is -0.309 e. The van der Waals surface area contributed by atoms with E-state index in [1.807, 2.05) is 18.5 Å². The van der Waals surface area contributed by atoms with Gasteiger partial charge in [0.25, 0.3) is 0 Å². The van der Waals surface area contributed by atoms with Crippen molar-refractivity contribution in [2.75, 3.05) is 7.05 Å². The van der Waals surface area contributed by atoms with Gasteiger partial charge in [0.2, 0.25) is 0 Å². The molecule has 0 saturated carbocycles. The van der Waals surface area contributed by atoms with Gasteiger partial charge in [-0.2, -0.15) is 0 Å². The van der Waals surface area contributed by atoms with Crippen molar-refractivity contribution in [3.63, 3.8) is 0 Å². The molecule has 1 aromatic heterocycles. The summed E-state index contributed by atoms with van der Waals surface area (Å²) in [4.78, 5) is 1.15. The highest BCUT2D eigenvalue weighted by Gasteiger charge is 2.19. The summed E-state index contributed by atoms with van der Waals surface area (Å²) in [6.07, 6.45) is 0. The predicted molar refractivity (Wildman–Crippen MR) is 79.1 cm³/mol. The molecule has 1 aromatic carbocycles. The molecule has 4 heteroatoms. The molecule has 2 rings (SSSR count). The topological polar surface area (TPSA) is 12.0 Å². The van der Waals surface area contributed by atoms with E-state index in [4.69, 9.17) is 11.6 Å². The van der Waals surface area contributed by atoms with E-state index in [1.165, 1.54) is 11.1 Å². The molecule has 1 atom stereocenters. The minimum atomic E-state index is 0.136.